The Labute approximate surface area is 333 Å². The van der Waals surface area contributed by atoms with Gasteiger partial charge in [0.1, 0.15) is 0 Å². The van der Waals surface area contributed by atoms with Gasteiger partial charge in [-0.1, -0.05) is 158 Å². The lowest BCUT2D eigenvalue weighted by atomic mass is 10.0. The van der Waals surface area contributed by atoms with Gasteiger partial charge in [-0.25, -0.2) is 15.0 Å². The quantitative estimate of drug-likeness (QED) is 0.165. The molecule has 0 saturated carbocycles. The van der Waals surface area contributed by atoms with E-state index in [0.29, 0.717) is 17.5 Å². The molecule has 12 rings (SSSR count). The lowest BCUT2D eigenvalue weighted by molar-refractivity contribution is 1.07. The molecule has 0 aliphatic heterocycles. The van der Waals surface area contributed by atoms with Crippen LogP contribution in [0.3, 0.4) is 0 Å². The summed E-state index contributed by atoms with van der Waals surface area (Å²) in [6.07, 6.45) is 0. The standard InChI is InChI=1S/C53H33N5/c1-3-13-36(14-4-1)51-54-52(37-15-5-2-6-16-37)56-53(55-51)38-25-23-34(24-26-38)35-27-29-40(30-28-35)57-46-21-11-10-20-44(46)45-31-39-32-49-43-19-8-7-17-41(43)42-18-9-12-22-47(42)58(49)48(39)33-50(45)57/h1-33H. The van der Waals surface area contributed by atoms with Gasteiger partial charge >= 0.3 is 0 Å². The predicted molar refractivity (Wildman–Crippen MR) is 239 cm³/mol. The number of nitrogens with zero attached hydrogens (tertiary/aromatic N) is 5. The average Bonchev–Trinajstić information content (AvgIpc) is 3.84. The Hall–Kier alpha value is -7.89. The van der Waals surface area contributed by atoms with Crippen LogP contribution in [0.2, 0.25) is 0 Å². The van der Waals surface area contributed by atoms with Crippen LogP contribution in [0.25, 0.3) is 111 Å². The summed E-state index contributed by atoms with van der Waals surface area (Å²) in [5.74, 6) is 1.95. The summed E-state index contributed by atoms with van der Waals surface area (Å²) in [6.45, 7) is 0. The Balaban J connectivity index is 0.955. The highest BCUT2D eigenvalue weighted by molar-refractivity contribution is 6.19. The van der Waals surface area contributed by atoms with Gasteiger partial charge in [0.05, 0.1) is 27.6 Å². The molecule has 0 N–H and O–H groups in total. The molecule has 5 nitrogen and oxygen atoms in total. The van der Waals surface area contributed by atoms with Gasteiger partial charge in [-0.2, -0.15) is 0 Å². The third-order valence-electron chi connectivity index (χ3n) is 11.5. The van der Waals surface area contributed by atoms with Crippen molar-refractivity contribution in [1.82, 2.24) is 23.9 Å². The lowest BCUT2D eigenvalue weighted by Gasteiger charge is -2.11. The van der Waals surface area contributed by atoms with Crippen molar-refractivity contribution >= 4 is 59.9 Å². The lowest BCUT2D eigenvalue weighted by Crippen LogP contribution is -2.00. The molecule has 0 spiro atoms. The summed E-state index contributed by atoms with van der Waals surface area (Å²) in [4.78, 5) is 14.7. The summed E-state index contributed by atoms with van der Waals surface area (Å²) in [5.41, 5.74) is 12.3. The zero-order valence-corrected chi connectivity index (χ0v) is 31.3. The number of fused-ring (bicyclic) bond motifs is 11. The van der Waals surface area contributed by atoms with E-state index in [1.54, 1.807) is 0 Å². The summed E-state index contributed by atoms with van der Waals surface area (Å²) in [7, 11) is 0. The number of hydrogen-bond donors (Lipinski definition) is 0. The molecule has 12 aromatic rings. The third kappa shape index (κ3) is 5.07. The number of hydrogen-bond acceptors (Lipinski definition) is 3. The number of para-hydroxylation sites is 2. The van der Waals surface area contributed by atoms with Gasteiger partial charge in [0, 0.05) is 49.3 Å². The first-order valence-electron chi connectivity index (χ1n) is 19.6. The van der Waals surface area contributed by atoms with Crippen LogP contribution in [0, 0.1) is 0 Å². The normalized spacial score (nSPS) is 11.8. The minimum Gasteiger partial charge on any atom is -0.309 e. The van der Waals surface area contributed by atoms with Gasteiger partial charge in [-0.05, 0) is 59.0 Å². The Morgan fingerprint density at radius 3 is 1.33 bits per heavy atom. The second-order valence-electron chi connectivity index (χ2n) is 14.9. The smallest absolute Gasteiger partial charge is 0.164 e. The van der Waals surface area contributed by atoms with Crippen LogP contribution in [0.4, 0.5) is 0 Å². The molecule has 0 unspecified atom stereocenters. The van der Waals surface area contributed by atoms with Crippen molar-refractivity contribution in [3.8, 4) is 51.0 Å². The molecule has 5 heteroatoms. The molecule has 0 amide bonds. The van der Waals surface area contributed by atoms with Crippen molar-refractivity contribution in [1.29, 1.82) is 0 Å². The van der Waals surface area contributed by atoms with Crippen molar-refractivity contribution in [2.45, 2.75) is 0 Å². The fourth-order valence-corrected chi connectivity index (χ4v) is 8.80. The fraction of sp³-hybridized carbons (Fsp3) is 0. The largest absolute Gasteiger partial charge is 0.309 e. The van der Waals surface area contributed by atoms with E-state index in [4.69, 9.17) is 15.0 Å². The highest BCUT2D eigenvalue weighted by Crippen LogP contribution is 2.39. The molecule has 8 aromatic carbocycles. The SMILES string of the molecule is c1ccc(-c2nc(-c3ccccc3)nc(-c3ccc(-c4ccc(-n5c6ccccc6c6cc7cc8c9ccccc9c9ccccc9n8c7cc65)cc4)cc3)n2)cc1. The van der Waals surface area contributed by atoms with E-state index in [2.05, 4.69) is 148 Å². The van der Waals surface area contributed by atoms with Crippen molar-refractivity contribution in [2.24, 2.45) is 0 Å². The molecule has 0 bridgehead atoms. The summed E-state index contributed by atoms with van der Waals surface area (Å²) in [6, 6.07) is 71.0. The molecule has 4 heterocycles. The van der Waals surface area contributed by atoms with Gasteiger partial charge in [0.25, 0.3) is 0 Å². The van der Waals surface area contributed by atoms with Gasteiger partial charge in [0.2, 0.25) is 0 Å². The molecule has 0 aliphatic rings. The summed E-state index contributed by atoms with van der Waals surface area (Å²) >= 11 is 0. The minimum atomic E-state index is 0.645. The summed E-state index contributed by atoms with van der Waals surface area (Å²) < 4.78 is 4.86. The van der Waals surface area contributed by atoms with Crippen molar-refractivity contribution in [3.05, 3.63) is 200 Å². The number of aromatic nitrogens is 5. The van der Waals surface area contributed by atoms with Crippen LogP contribution in [0.15, 0.2) is 200 Å². The van der Waals surface area contributed by atoms with E-state index in [1.165, 1.54) is 59.9 Å². The molecule has 0 atom stereocenters. The average molecular weight is 740 g/mol. The molecule has 0 saturated heterocycles. The Morgan fingerprint density at radius 2 is 0.724 bits per heavy atom. The predicted octanol–water partition coefficient (Wildman–Crippen LogP) is 13.3. The number of rotatable bonds is 5. The van der Waals surface area contributed by atoms with E-state index < -0.39 is 0 Å². The molecular formula is C53H33N5. The highest BCUT2D eigenvalue weighted by Gasteiger charge is 2.18. The van der Waals surface area contributed by atoms with Crippen LogP contribution in [-0.2, 0) is 0 Å². The maximum atomic E-state index is 4.93. The third-order valence-corrected chi connectivity index (χ3v) is 11.5. The van der Waals surface area contributed by atoms with Crippen LogP contribution in [0.5, 0.6) is 0 Å². The van der Waals surface area contributed by atoms with Crippen molar-refractivity contribution in [2.75, 3.05) is 0 Å². The Morgan fingerprint density at radius 1 is 0.276 bits per heavy atom. The first-order chi connectivity index (χ1) is 28.7. The van der Waals surface area contributed by atoms with Crippen LogP contribution in [0.1, 0.15) is 0 Å². The first kappa shape index (κ1) is 32.4. The first-order valence-corrected chi connectivity index (χ1v) is 19.6. The van der Waals surface area contributed by atoms with Crippen LogP contribution < -0.4 is 0 Å². The van der Waals surface area contributed by atoms with Gasteiger partial charge < -0.3 is 8.97 Å². The number of pyridine rings is 1. The number of benzene rings is 8. The van der Waals surface area contributed by atoms with Crippen molar-refractivity contribution < 1.29 is 0 Å². The molecule has 270 valence electrons. The second kappa shape index (κ2) is 12.8. The molecule has 0 radical (unpaired) electrons. The second-order valence-corrected chi connectivity index (χ2v) is 14.9. The van der Waals surface area contributed by atoms with Crippen LogP contribution >= 0.6 is 0 Å². The zero-order chi connectivity index (χ0) is 38.2. The Kier molecular flexibility index (Phi) is 7.16. The van der Waals surface area contributed by atoms with Gasteiger partial charge in [-0.3, -0.25) is 0 Å². The molecular weight excluding hydrogens is 707 g/mol. The maximum absolute atomic E-state index is 4.93. The monoisotopic (exact) mass is 739 g/mol. The maximum Gasteiger partial charge on any atom is 0.164 e. The fourth-order valence-electron chi connectivity index (χ4n) is 8.80. The molecule has 0 fully saturated rings. The van der Waals surface area contributed by atoms with E-state index in [1.807, 2.05) is 60.7 Å². The Bertz CT molecular complexity index is 3470. The topological polar surface area (TPSA) is 48.0 Å². The molecule has 0 aliphatic carbocycles. The molecule has 58 heavy (non-hydrogen) atoms. The van der Waals surface area contributed by atoms with E-state index in [0.717, 1.165) is 33.5 Å². The van der Waals surface area contributed by atoms with Crippen molar-refractivity contribution in [3.63, 3.8) is 0 Å². The summed E-state index contributed by atoms with van der Waals surface area (Å²) in [5, 5.41) is 7.53. The van der Waals surface area contributed by atoms with E-state index >= 15 is 0 Å². The zero-order valence-electron chi connectivity index (χ0n) is 31.3. The van der Waals surface area contributed by atoms with E-state index in [9.17, 15) is 0 Å². The highest BCUT2D eigenvalue weighted by atomic mass is 15.0. The van der Waals surface area contributed by atoms with Gasteiger partial charge in [-0.15, -0.1) is 0 Å². The van der Waals surface area contributed by atoms with Crippen LogP contribution in [-0.4, -0.2) is 23.9 Å². The van der Waals surface area contributed by atoms with Gasteiger partial charge in [0.15, 0.2) is 17.5 Å². The van der Waals surface area contributed by atoms with E-state index in [-0.39, 0.29) is 0 Å². The minimum absolute atomic E-state index is 0.645. The molecule has 4 aromatic heterocycles.